The molecular weight excluding hydrogens is 322 g/mol. The van der Waals surface area contributed by atoms with E-state index in [0.717, 1.165) is 17.8 Å². The van der Waals surface area contributed by atoms with E-state index in [0.29, 0.717) is 24.3 Å². The van der Waals surface area contributed by atoms with E-state index in [4.69, 9.17) is 9.63 Å². The smallest absolute Gasteiger partial charge is 0.354 e. The van der Waals surface area contributed by atoms with Gasteiger partial charge >= 0.3 is 5.97 Å². The summed E-state index contributed by atoms with van der Waals surface area (Å²) in [4.78, 5) is 14.2. The summed E-state index contributed by atoms with van der Waals surface area (Å²) in [6.07, 6.45) is 2.26. The number of carboxylic acid groups (broad SMARTS) is 1. The lowest BCUT2D eigenvalue weighted by Gasteiger charge is -2.07. The Morgan fingerprint density at radius 1 is 1.30 bits per heavy atom. The van der Waals surface area contributed by atoms with Crippen LogP contribution in [0.15, 0.2) is 27.7 Å². The monoisotopic (exact) mass is 339 g/mol. The summed E-state index contributed by atoms with van der Waals surface area (Å²) in [5.74, 6) is -0.574. The average molecular weight is 339 g/mol. The summed E-state index contributed by atoms with van der Waals surface area (Å²) < 4.78 is 32.2. The molecule has 0 saturated heterocycles. The molecule has 2 rings (SSSR count). The van der Waals surface area contributed by atoms with Gasteiger partial charge in [0.1, 0.15) is 16.3 Å². The summed E-state index contributed by atoms with van der Waals surface area (Å²) in [5.41, 5.74) is 1.22. The molecule has 0 aliphatic heterocycles. The molecule has 0 atom stereocenters. The van der Waals surface area contributed by atoms with E-state index < -0.39 is 16.0 Å². The summed E-state index contributed by atoms with van der Waals surface area (Å²) in [6.45, 7) is 3.86. The number of carboxylic acids is 1. The molecule has 0 saturated carbocycles. The number of aryl methyl sites for hydroxylation is 2. The first-order chi connectivity index (χ1) is 10.9. The zero-order valence-corrected chi connectivity index (χ0v) is 13.6. The number of hydrogen-bond donors (Lipinski definition) is 2. The molecule has 0 radical (unpaired) electrons. The summed E-state index contributed by atoms with van der Waals surface area (Å²) in [7, 11) is -3.80. The van der Waals surface area contributed by atoms with Crippen LogP contribution in [-0.4, -0.2) is 29.6 Å². The maximum atomic E-state index is 12.3. The highest BCUT2D eigenvalue weighted by atomic mass is 32.2. The van der Waals surface area contributed by atoms with Crippen molar-refractivity contribution in [3.63, 3.8) is 0 Å². The fraction of sp³-hybridized carbons (Fsp3) is 0.357. The zero-order valence-electron chi connectivity index (χ0n) is 12.7. The lowest BCUT2D eigenvalue weighted by molar-refractivity contribution is 0.0690. The van der Waals surface area contributed by atoms with Crippen LogP contribution < -0.4 is 4.72 Å². The normalized spacial score (nSPS) is 11.6. The van der Waals surface area contributed by atoms with Gasteiger partial charge in [0.05, 0.1) is 5.69 Å². The Balaban J connectivity index is 2.19. The number of nitrogens with one attached hydrogen (secondary N) is 1. The molecule has 23 heavy (non-hydrogen) atoms. The van der Waals surface area contributed by atoms with Crippen LogP contribution in [0.2, 0.25) is 0 Å². The van der Waals surface area contributed by atoms with Crippen LogP contribution >= 0.6 is 0 Å². The molecule has 0 amide bonds. The third kappa shape index (κ3) is 3.74. The number of nitrogens with zero attached hydrogens (tertiary/aromatic N) is 2. The highest BCUT2D eigenvalue weighted by Crippen LogP contribution is 2.17. The van der Waals surface area contributed by atoms with Crippen molar-refractivity contribution >= 4 is 16.0 Å². The van der Waals surface area contributed by atoms with Crippen molar-refractivity contribution in [2.75, 3.05) is 0 Å². The number of hydrogen-bond acceptors (Lipinski definition) is 6. The van der Waals surface area contributed by atoms with Gasteiger partial charge in [0, 0.05) is 24.7 Å². The van der Waals surface area contributed by atoms with Crippen molar-refractivity contribution in [1.82, 2.24) is 14.9 Å². The molecule has 2 heterocycles. The maximum Gasteiger partial charge on any atom is 0.354 e. The van der Waals surface area contributed by atoms with E-state index in [2.05, 4.69) is 14.9 Å². The predicted molar refractivity (Wildman–Crippen MR) is 80.5 cm³/mol. The molecule has 2 aromatic rings. The largest absolute Gasteiger partial charge is 0.477 e. The van der Waals surface area contributed by atoms with Crippen LogP contribution in [0.4, 0.5) is 0 Å². The van der Waals surface area contributed by atoms with Crippen LogP contribution in [-0.2, 0) is 29.4 Å². The van der Waals surface area contributed by atoms with Gasteiger partial charge in [-0.05, 0) is 18.6 Å². The number of rotatable bonds is 7. The van der Waals surface area contributed by atoms with Crippen LogP contribution in [0.25, 0.3) is 0 Å². The third-order valence-corrected chi connectivity index (χ3v) is 4.70. The topological polar surface area (TPSA) is 122 Å². The third-order valence-electron chi connectivity index (χ3n) is 3.31. The molecule has 0 spiro atoms. The molecule has 0 aliphatic carbocycles. The van der Waals surface area contributed by atoms with E-state index in [-0.39, 0.29) is 17.1 Å². The van der Waals surface area contributed by atoms with E-state index in [1.165, 1.54) is 6.07 Å². The second-order valence-electron chi connectivity index (χ2n) is 4.75. The molecule has 2 N–H and O–H groups in total. The standard InChI is InChI=1S/C14H17N3O5S/c1-3-11-10(13(4-2)22-17-11)8-16-23(20,21)9-5-6-12(14(18)19)15-7-9/h5-7,16H,3-4,8H2,1-2H3,(H,18,19). The number of pyridine rings is 1. The van der Waals surface area contributed by atoms with E-state index in [1.807, 2.05) is 13.8 Å². The summed E-state index contributed by atoms with van der Waals surface area (Å²) in [5, 5.41) is 12.7. The Morgan fingerprint density at radius 2 is 2.04 bits per heavy atom. The molecule has 0 unspecified atom stereocenters. The number of carbonyl (C=O) groups is 1. The van der Waals surface area contributed by atoms with Gasteiger partial charge < -0.3 is 9.63 Å². The Kier molecular flexibility index (Phi) is 5.12. The van der Waals surface area contributed by atoms with Gasteiger partial charge in [-0.2, -0.15) is 0 Å². The molecular formula is C14H17N3O5S. The van der Waals surface area contributed by atoms with Crippen molar-refractivity contribution < 1.29 is 22.8 Å². The molecule has 8 nitrogen and oxygen atoms in total. The summed E-state index contributed by atoms with van der Waals surface area (Å²) >= 11 is 0. The molecule has 0 aliphatic rings. The Labute approximate surface area is 133 Å². The van der Waals surface area contributed by atoms with Crippen LogP contribution in [0.3, 0.4) is 0 Å². The number of aromatic carboxylic acids is 1. The minimum atomic E-state index is -3.80. The van der Waals surface area contributed by atoms with Gasteiger partial charge in [0.2, 0.25) is 10.0 Å². The maximum absolute atomic E-state index is 12.3. The van der Waals surface area contributed by atoms with Gasteiger partial charge in [0.25, 0.3) is 0 Å². The van der Waals surface area contributed by atoms with Crippen LogP contribution in [0.1, 0.15) is 41.4 Å². The van der Waals surface area contributed by atoms with Gasteiger partial charge in [-0.25, -0.2) is 22.9 Å². The highest BCUT2D eigenvalue weighted by molar-refractivity contribution is 7.89. The highest BCUT2D eigenvalue weighted by Gasteiger charge is 2.19. The number of aromatic nitrogens is 2. The van der Waals surface area contributed by atoms with Gasteiger partial charge in [0.15, 0.2) is 0 Å². The molecule has 0 bridgehead atoms. The van der Waals surface area contributed by atoms with E-state index in [9.17, 15) is 13.2 Å². The van der Waals surface area contributed by atoms with Gasteiger partial charge in [-0.1, -0.05) is 19.0 Å². The Hall–Kier alpha value is -2.26. The van der Waals surface area contributed by atoms with Crippen LogP contribution in [0.5, 0.6) is 0 Å². The lowest BCUT2D eigenvalue weighted by Crippen LogP contribution is -2.24. The average Bonchev–Trinajstić information content (AvgIpc) is 2.95. The van der Waals surface area contributed by atoms with Gasteiger partial charge in [-0.3, -0.25) is 0 Å². The minimum absolute atomic E-state index is 0.0544. The second kappa shape index (κ2) is 6.88. The van der Waals surface area contributed by atoms with E-state index in [1.54, 1.807) is 0 Å². The summed E-state index contributed by atoms with van der Waals surface area (Å²) in [6, 6.07) is 2.35. The Morgan fingerprint density at radius 3 is 2.57 bits per heavy atom. The van der Waals surface area contributed by atoms with Gasteiger partial charge in [-0.15, -0.1) is 0 Å². The SMILES string of the molecule is CCc1noc(CC)c1CNS(=O)(=O)c1ccc(C(=O)O)nc1. The van der Waals surface area contributed by atoms with Crippen molar-refractivity contribution in [3.05, 3.63) is 41.0 Å². The van der Waals surface area contributed by atoms with Crippen molar-refractivity contribution in [3.8, 4) is 0 Å². The van der Waals surface area contributed by atoms with Crippen molar-refractivity contribution in [2.24, 2.45) is 0 Å². The first-order valence-corrected chi connectivity index (χ1v) is 8.52. The first kappa shape index (κ1) is 17.1. The molecule has 2 aromatic heterocycles. The fourth-order valence-corrected chi connectivity index (χ4v) is 2.99. The van der Waals surface area contributed by atoms with Crippen LogP contribution in [0, 0.1) is 0 Å². The van der Waals surface area contributed by atoms with Crippen molar-refractivity contribution in [2.45, 2.75) is 38.1 Å². The predicted octanol–water partition coefficient (Wildman–Crippen LogP) is 1.37. The lowest BCUT2D eigenvalue weighted by atomic mass is 10.1. The number of sulfonamides is 1. The molecule has 124 valence electrons. The second-order valence-corrected chi connectivity index (χ2v) is 6.51. The molecule has 0 fully saturated rings. The molecule has 9 heteroatoms. The zero-order chi connectivity index (χ0) is 17.0. The quantitative estimate of drug-likeness (QED) is 0.781. The molecule has 0 aromatic carbocycles. The van der Waals surface area contributed by atoms with E-state index >= 15 is 0 Å². The fourth-order valence-electron chi connectivity index (χ4n) is 2.05. The van der Waals surface area contributed by atoms with Crippen molar-refractivity contribution in [1.29, 1.82) is 0 Å². The minimum Gasteiger partial charge on any atom is -0.477 e. The Bertz CT molecular complexity index is 775. The first-order valence-electron chi connectivity index (χ1n) is 7.04.